The molecule has 0 spiro atoms. The number of carbonyl (C=O) groups is 2. The van der Waals surface area contributed by atoms with Crippen molar-refractivity contribution in [3.8, 4) is 0 Å². The molecule has 3 rings (SSSR count). The average Bonchev–Trinajstić information content (AvgIpc) is 2.91. The maximum Gasteiger partial charge on any atom is 0.228 e. The molecule has 1 aromatic rings. The third kappa shape index (κ3) is 3.38. The van der Waals surface area contributed by atoms with E-state index in [-0.39, 0.29) is 17.7 Å². The molecule has 0 aliphatic carbocycles. The Balaban J connectivity index is 1.66. The molecular weight excluding hydrogens is 290 g/mol. The van der Waals surface area contributed by atoms with Crippen molar-refractivity contribution in [1.82, 2.24) is 14.8 Å². The van der Waals surface area contributed by atoms with E-state index in [1.807, 2.05) is 22.9 Å². The van der Waals surface area contributed by atoms with Crippen LogP contribution in [0.4, 0.5) is 0 Å². The Hall–Kier alpha value is -1.91. The average molecular weight is 315 g/mol. The fourth-order valence-electron chi connectivity index (χ4n) is 3.55. The molecule has 1 aromatic heterocycles. The minimum Gasteiger partial charge on any atom is -0.342 e. The van der Waals surface area contributed by atoms with E-state index in [4.69, 9.17) is 0 Å². The van der Waals surface area contributed by atoms with Gasteiger partial charge in [0.2, 0.25) is 11.8 Å². The van der Waals surface area contributed by atoms with Gasteiger partial charge in [-0.1, -0.05) is 13.8 Å². The van der Waals surface area contributed by atoms with Crippen molar-refractivity contribution >= 4 is 11.8 Å². The summed E-state index contributed by atoms with van der Waals surface area (Å²) in [5, 5.41) is 0. The van der Waals surface area contributed by atoms with Crippen molar-refractivity contribution in [2.75, 3.05) is 13.1 Å². The summed E-state index contributed by atoms with van der Waals surface area (Å²) in [6, 6.07) is 2.07. The predicted octanol–water partition coefficient (Wildman–Crippen LogP) is 2.13. The highest BCUT2D eigenvalue weighted by Crippen LogP contribution is 2.27. The number of hydrogen-bond acceptors (Lipinski definition) is 3. The van der Waals surface area contributed by atoms with E-state index in [9.17, 15) is 9.59 Å². The Bertz CT molecular complexity index is 627. The molecule has 0 aromatic carbocycles. The first-order valence-corrected chi connectivity index (χ1v) is 8.45. The molecule has 2 aliphatic heterocycles. The van der Waals surface area contributed by atoms with Gasteiger partial charge in [0.05, 0.1) is 5.92 Å². The van der Waals surface area contributed by atoms with E-state index < -0.39 is 0 Å². The number of amides is 2. The van der Waals surface area contributed by atoms with Gasteiger partial charge >= 0.3 is 0 Å². The zero-order valence-electron chi connectivity index (χ0n) is 14.2. The van der Waals surface area contributed by atoms with Gasteiger partial charge in [0.25, 0.3) is 0 Å². The Kier molecular flexibility index (Phi) is 4.37. The summed E-state index contributed by atoms with van der Waals surface area (Å²) in [4.78, 5) is 33.0. The number of fused-ring (bicyclic) bond motifs is 1. The SMILES string of the molecule is Cc1cc2c(cn1)CN(C(=O)C1CCC(=O)N(CC(C)C)C1)C2. The van der Waals surface area contributed by atoms with Crippen LogP contribution < -0.4 is 0 Å². The van der Waals surface area contributed by atoms with Gasteiger partial charge < -0.3 is 9.80 Å². The zero-order valence-corrected chi connectivity index (χ0v) is 14.2. The van der Waals surface area contributed by atoms with Gasteiger partial charge in [-0.25, -0.2) is 0 Å². The van der Waals surface area contributed by atoms with E-state index in [1.165, 1.54) is 5.56 Å². The number of likely N-dealkylation sites (tertiary alicyclic amines) is 1. The number of nitrogens with zero attached hydrogens (tertiary/aromatic N) is 3. The number of hydrogen-bond donors (Lipinski definition) is 0. The highest BCUT2D eigenvalue weighted by Gasteiger charge is 2.34. The summed E-state index contributed by atoms with van der Waals surface area (Å²) in [5.41, 5.74) is 3.34. The van der Waals surface area contributed by atoms with Crippen LogP contribution in [0.3, 0.4) is 0 Å². The second-order valence-electron chi connectivity index (χ2n) is 7.22. The fourth-order valence-corrected chi connectivity index (χ4v) is 3.55. The van der Waals surface area contributed by atoms with Crippen LogP contribution in [0, 0.1) is 18.8 Å². The second kappa shape index (κ2) is 6.30. The molecular formula is C18H25N3O2. The van der Waals surface area contributed by atoms with Crippen LogP contribution in [0.25, 0.3) is 0 Å². The molecule has 5 heteroatoms. The maximum atomic E-state index is 12.9. The Labute approximate surface area is 137 Å². The fraction of sp³-hybridized carbons (Fsp3) is 0.611. The van der Waals surface area contributed by atoms with Crippen LogP contribution in [0.15, 0.2) is 12.3 Å². The van der Waals surface area contributed by atoms with Crippen molar-refractivity contribution in [1.29, 1.82) is 0 Å². The van der Waals surface area contributed by atoms with Gasteiger partial charge in [-0.05, 0) is 36.5 Å². The highest BCUT2D eigenvalue weighted by atomic mass is 16.2. The van der Waals surface area contributed by atoms with Crippen molar-refractivity contribution in [2.45, 2.75) is 46.7 Å². The first-order valence-electron chi connectivity index (χ1n) is 8.45. The van der Waals surface area contributed by atoms with Crippen molar-refractivity contribution in [2.24, 2.45) is 11.8 Å². The van der Waals surface area contributed by atoms with Crippen LogP contribution in [0.1, 0.15) is 43.5 Å². The van der Waals surface area contributed by atoms with Crippen molar-refractivity contribution < 1.29 is 9.59 Å². The summed E-state index contributed by atoms with van der Waals surface area (Å²) in [6.07, 6.45) is 3.05. The molecule has 2 aliphatic rings. The van der Waals surface area contributed by atoms with Gasteiger partial charge in [-0.2, -0.15) is 0 Å². The molecule has 3 heterocycles. The quantitative estimate of drug-likeness (QED) is 0.858. The highest BCUT2D eigenvalue weighted by molar-refractivity contribution is 5.84. The molecule has 0 N–H and O–H groups in total. The van der Waals surface area contributed by atoms with Crippen LogP contribution in [-0.4, -0.2) is 39.7 Å². The lowest BCUT2D eigenvalue weighted by Gasteiger charge is -2.34. The predicted molar refractivity (Wildman–Crippen MR) is 87.4 cm³/mol. The summed E-state index contributed by atoms with van der Waals surface area (Å²) in [7, 11) is 0. The van der Waals surface area contributed by atoms with Crippen LogP contribution in [0.5, 0.6) is 0 Å². The maximum absolute atomic E-state index is 12.9. The molecule has 1 unspecified atom stereocenters. The number of rotatable bonds is 3. The molecule has 0 bridgehead atoms. The third-order valence-corrected chi connectivity index (χ3v) is 4.69. The van der Waals surface area contributed by atoms with E-state index in [2.05, 4.69) is 24.9 Å². The Morgan fingerprint density at radius 2 is 2.09 bits per heavy atom. The number of pyridine rings is 1. The topological polar surface area (TPSA) is 53.5 Å². The van der Waals surface area contributed by atoms with Crippen LogP contribution >= 0.6 is 0 Å². The molecule has 1 atom stereocenters. The number of piperidine rings is 1. The summed E-state index contributed by atoms with van der Waals surface area (Å²) >= 11 is 0. The smallest absolute Gasteiger partial charge is 0.228 e. The molecule has 2 amide bonds. The lowest BCUT2D eigenvalue weighted by molar-refractivity contribution is -0.143. The molecule has 0 radical (unpaired) electrons. The van der Waals surface area contributed by atoms with Gasteiger partial charge in [-0.15, -0.1) is 0 Å². The Morgan fingerprint density at radius 3 is 2.83 bits per heavy atom. The molecule has 1 fully saturated rings. The largest absolute Gasteiger partial charge is 0.342 e. The monoisotopic (exact) mass is 315 g/mol. The summed E-state index contributed by atoms with van der Waals surface area (Å²) in [6.45, 7) is 8.81. The van der Waals surface area contributed by atoms with Gasteiger partial charge in [-0.3, -0.25) is 14.6 Å². The van der Waals surface area contributed by atoms with E-state index in [1.54, 1.807) is 0 Å². The third-order valence-electron chi connectivity index (χ3n) is 4.69. The van der Waals surface area contributed by atoms with Crippen LogP contribution in [-0.2, 0) is 22.7 Å². The van der Waals surface area contributed by atoms with Gasteiger partial charge in [0.15, 0.2) is 0 Å². The first-order chi connectivity index (χ1) is 10.9. The summed E-state index contributed by atoms with van der Waals surface area (Å²) < 4.78 is 0. The second-order valence-corrected chi connectivity index (χ2v) is 7.22. The molecule has 124 valence electrons. The minimum atomic E-state index is -0.0604. The number of carbonyl (C=O) groups excluding carboxylic acids is 2. The number of aryl methyl sites for hydroxylation is 1. The van der Waals surface area contributed by atoms with E-state index in [0.29, 0.717) is 38.4 Å². The van der Waals surface area contributed by atoms with Crippen molar-refractivity contribution in [3.05, 3.63) is 29.1 Å². The zero-order chi connectivity index (χ0) is 16.6. The molecule has 23 heavy (non-hydrogen) atoms. The summed E-state index contributed by atoms with van der Waals surface area (Å²) in [5.74, 6) is 0.736. The van der Waals surface area contributed by atoms with Gasteiger partial charge in [0, 0.05) is 44.5 Å². The van der Waals surface area contributed by atoms with Gasteiger partial charge in [0.1, 0.15) is 0 Å². The normalized spacial score (nSPS) is 21.0. The first kappa shape index (κ1) is 16.0. The van der Waals surface area contributed by atoms with E-state index in [0.717, 1.165) is 17.8 Å². The lowest BCUT2D eigenvalue weighted by Crippen LogP contribution is -2.47. The number of aromatic nitrogens is 1. The standard InChI is InChI=1S/C18H25N3O2/c1-12(2)8-20-9-14(4-5-17(20)22)18(23)21-10-15-6-13(3)19-7-16(15)11-21/h6-7,12,14H,4-5,8-11H2,1-3H3. The minimum absolute atomic E-state index is 0.0604. The molecule has 5 nitrogen and oxygen atoms in total. The molecule has 1 saturated heterocycles. The Morgan fingerprint density at radius 1 is 1.35 bits per heavy atom. The van der Waals surface area contributed by atoms with Crippen LogP contribution in [0.2, 0.25) is 0 Å². The molecule has 0 saturated carbocycles. The van der Waals surface area contributed by atoms with Crippen molar-refractivity contribution in [3.63, 3.8) is 0 Å². The van der Waals surface area contributed by atoms with E-state index >= 15 is 0 Å². The lowest BCUT2D eigenvalue weighted by atomic mass is 9.95.